The summed E-state index contributed by atoms with van der Waals surface area (Å²) in [4.78, 5) is 24.0. The standard InChI is InChI=1S/C17H21ClN4O2/c1-4-5-10-22-15(18)14(11(2)21-22)17(24)20-13-8-6-12(7-9-13)16(23)19-3/h6-9H,4-5,10H2,1-3H3,(H,19,23)(H,20,24). The van der Waals surface area contributed by atoms with E-state index in [-0.39, 0.29) is 11.8 Å². The third kappa shape index (κ3) is 3.94. The van der Waals surface area contributed by atoms with Crippen LogP contribution in [0.2, 0.25) is 5.15 Å². The number of hydrogen-bond donors (Lipinski definition) is 2. The van der Waals surface area contributed by atoms with E-state index in [4.69, 9.17) is 11.6 Å². The van der Waals surface area contributed by atoms with Gasteiger partial charge in [-0.1, -0.05) is 24.9 Å². The van der Waals surface area contributed by atoms with Crippen LogP contribution >= 0.6 is 11.6 Å². The van der Waals surface area contributed by atoms with Crippen LogP contribution in [0.5, 0.6) is 0 Å². The molecule has 2 aromatic rings. The molecule has 0 atom stereocenters. The van der Waals surface area contributed by atoms with E-state index in [1.54, 1.807) is 42.9 Å². The Morgan fingerprint density at radius 1 is 1.21 bits per heavy atom. The summed E-state index contributed by atoms with van der Waals surface area (Å²) in [6.45, 7) is 4.53. The molecule has 0 radical (unpaired) electrons. The molecule has 128 valence electrons. The fraction of sp³-hybridized carbons (Fsp3) is 0.353. The molecule has 0 saturated carbocycles. The van der Waals surface area contributed by atoms with Crippen LogP contribution in [-0.2, 0) is 6.54 Å². The maximum Gasteiger partial charge on any atom is 0.260 e. The fourth-order valence-electron chi connectivity index (χ4n) is 2.31. The van der Waals surface area contributed by atoms with Crippen molar-refractivity contribution in [3.8, 4) is 0 Å². The largest absolute Gasteiger partial charge is 0.355 e. The zero-order valence-corrected chi connectivity index (χ0v) is 14.8. The van der Waals surface area contributed by atoms with Gasteiger partial charge < -0.3 is 10.6 Å². The Balaban J connectivity index is 2.15. The highest BCUT2D eigenvalue weighted by atomic mass is 35.5. The maximum atomic E-state index is 12.5. The summed E-state index contributed by atoms with van der Waals surface area (Å²) in [7, 11) is 1.57. The second kappa shape index (κ2) is 7.97. The van der Waals surface area contributed by atoms with Crippen LogP contribution < -0.4 is 10.6 Å². The lowest BCUT2D eigenvalue weighted by Gasteiger charge is -2.06. The molecular weight excluding hydrogens is 328 g/mol. The number of hydrogen-bond acceptors (Lipinski definition) is 3. The molecule has 1 heterocycles. The molecule has 0 bridgehead atoms. The fourth-order valence-corrected chi connectivity index (χ4v) is 2.66. The third-order valence-corrected chi connectivity index (χ3v) is 4.03. The molecule has 7 heteroatoms. The Morgan fingerprint density at radius 3 is 2.46 bits per heavy atom. The number of nitrogens with one attached hydrogen (secondary N) is 2. The van der Waals surface area contributed by atoms with Gasteiger partial charge in [-0.3, -0.25) is 14.3 Å². The number of carbonyl (C=O) groups excluding carboxylic acids is 2. The molecule has 0 aliphatic rings. The minimum Gasteiger partial charge on any atom is -0.355 e. The molecule has 0 aliphatic carbocycles. The normalized spacial score (nSPS) is 10.5. The van der Waals surface area contributed by atoms with Crippen molar-refractivity contribution in [1.29, 1.82) is 0 Å². The zero-order chi connectivity index (χ0) is 17.7. The minimum atomic E-state index is -0.312. The van der Waals surface area contributed by atoms with Gasteiger partial charge in [0.15, 0.2) is 0 Å². The SMILES string of the molecule is CCCCn1nc(C)c(C(=O)Nc2ccc(C(=O)NC)cc2)c1Cl. The molecule has 6 nitrogen and oxygen atoms in total. The van der Waals surface area contributed by atoms with E-state index in [1.165, 1.54) is 0 Å². The quantitative estimate of drug-likeness (QED) is 0.841. The predicted octanol–water partition coefficient (Wildman–Crippen LogP) is 3.26. The number of aromatic nitrogens is 2. The van der Waals surface area contributed by atoms with Gasteiger partial charge in [-0.25, -0.2) is 0 Å². The Morgan fingerprint density at radius 2 is 1.88 bits per heavy atom. The van der Waals surface area contributed by atoms with Crippen LogP contribution in [0.15, 0.2) is 24.3 Å². The van der Waals surface area contributed by atoms with Crippen LogP contribution in [-0.4, -0.2) is 28.6 Å². The smallest absolute Gasteiger partial charge is 0.260 e. The van der Waals surface area contributed by atoms with E-state index in [1.807, 2.05) is 0 Å². The van der Waals surface area contributed by atoms with Crippen molar-refractivity contribution < 1.29 is 9.59 Å². The van der Waals surface area contributed by atoms with Crippen LogP contribution in [0.25, 0.3) is 0 Å². The van der Waals surface area contributed by atoms with Gasteiger partial charge in [0, 0.05) is 24.8 Å². The summed E-state index contributed by atoms with van der Waals surface area (Å²) in [5, 5.41) is 10.0. The number of halogens is 1. The van der Waals surface area contributed by atoms with Crippen LogP contribution in [0.1, 0.15) is 46.2 Å². The summed E-state index contributed by atoms with van der Waals surface area (Å²) in [6.07, 6.45) is 1.97. The highest BCUT2D eigenvalue weighted by Gasteiger charge is 2.20. The van der Waals surface area contributed by atoms with E-state index in [9.17, 15) is 9.59 Å². The molecular formula is C17H21ClN4O2. The molecule has 0 spiro atoms. The number of unbranched alkanes of at least 4 members (excludes halogenated alkanes) is 1. The van der Waals surface area contributed by atoms with Crippen LogP contribution in [0.3, 0.4) is 0 Å². The summed E-state index contributed by atoms with van der Waals surface area (Å²) in [5.74, 6) is -0.489. The van der Waals surface area contributed by atoms with Gasteiger partial charge >= 0.3 is 0 Å². The second-order valence-corrected chi connectivity index (χ2v) is 5.80. The third-order valence-electron chi connectivity index (χ3n) is 3.65. The predicted molar refractivity (Wildman–Crippen MR) is 94.7 cm³/mol. The summed E-state index contributed by atoms with van der Waals surface area (Å²) in [5.41, 5.74) is 2.08. The van der Waals surface area contributed by atoms with Gasteiger partial charge in [-0.2, -0.15) is 5.10 Å². The van der Waals surface area contributed by atoms with Crippen molar-refractivity contribution in [3.05, 3.63) is 46.2 Å². The molecule has 2 N–H and O–H groups in total. The monoisotopic (exact) mass is 348 g/mol. The van der Waals surface area contributed by atoms with Crippen molar-refractivity contribution in [2.75, 3.05) is 12.4 Å². The first-order chi connectivity index (χ1) is 11.5. The van der Waals surface area contributed by atoms with Crippen molar-refractivity contribution in [3.63, 3.8) is 0 Å². The van der Waals surface area contributed by atoms with E-state index >= 15 is 0 Å². The van der Waals surface area contributed by atoms with Gasteiger partial charge in [0.2, 0.25) is 0 Å². The van der Waals surface area contributed by atoms with E-state index in [0.29, 0.717) is 34.2 Å². The molecule has 0 fully saturated rings. The highest BCUT2D eigenvalue weighted by molar-refractivity contribution is 6.33. The molecule has 24 heavy (non-hydrogen) atoms. The molecule has 1 aromatic heterocycles. The number of nitrogens with zero attached hydrogens (tertiary/aromatic N) is 2. The summed E-state index contributed by atoms with van der Waals surface area (Å²) < 4.78 is 1.66. The number of amides is 2. The number of benzene rings is 1. The Hall–Kier alpha value is -2.34. The van der Waals surface area contributed by atoms with Gasteiger partial charge in [-0.05, 0) is 37.6 Å². The maximum absolute atomic E-state index is 12.5. The molecule has 2 rings (SSSR count). The van der Waals surface area contributed by atoms with Gasteiger partial charge in [0.1, 0.15) is 5.15 Å². The number of carbonyl (C=O) groups is 2. The molecule has 0 saturated heterocycles. The Labute approximate surface area is 146 Å². The first kappa shape index (κ1) is 18.0. The van der Waals surface area contributed by atoms with Gasteiger partial charge in [-0.15, -0.1) is 0 Å². The summed E-state index contributed by atoms with van der Waals surface area (Å²) >= 11 is 6.30. The number of anilines is 1. The topological polar surface area (TPSA) is 76.0 Å². The Bertz CT molecular complexity index is 738. The van der Waals surface area contributed by atoms with Crippen molar-refractivity contribution >= 4 is 29.1 Å². The average molecular weight is 349 g/mol. The van der Waals surface area contributed by atoms with Crippen molar-refractivity contribution in [2.45, 2.75) is 33.2 Å². The minimum absolute atomic E-state index is 0.177. The molecule has 0 aliphatic heterocycles. The van der Waals surface area contributed by atoms with Crippen LogP contribution in [0, 0.1) is 6.92 Å². The number of rotatable bonds is 6. The lowest BCUT2D eigenvalue weighted by Crippen LogP contribution is -2.18. The molecule has 0 unspecified atom stereocenters. The lowest BCUT2D eigenvalue weighted by molar-refractivity contribution is 0.0962. The van der Waals surface area contributed by atoms with E-state index in [2.05, 4.69) is 22.7 Å². The van der Waals surface area contributed by atoms with E-state index < -0.39 is 0 Å². The number of aryl methyl sites for hydroxylation is 2. The first-order valence-corrected chi connectivity index (χ1v) is 8.22. The molecule has 2 amide bonds. The Kier molecular flexibility index (Phi) is 5.98. The van der Waals surface area contributed by atoms with Crippen molar-refractivity contribution in [2.24, 2.45) is 0 Å². The summed E-state index contributed by atoms with van der Waals surface area (Å²) in [6, 6.07) is 6.64. The zero-order valence-electron chi connectivity index (χ0n) is 14.0. The van der Waals surface area contributed by atoms with Gasteiger partial charge in [0.25, 0.3) is 11.8 Å². The highest BCUT2D eigenvalue weighted by Crippen LogP contribution is 2.22. The first-order valence-electron chi connectivity index (χ1n) is 7.84. The van der Waals surface area contributed by atoms with Crippen molar-refractivity contribution in [1.82, 2.24) is 15.1 Å². The molecule has 1 aromatic carbocycles. The van der Waals surface area contributed by atoms with Crippen LogP contribution in [0.4, 0.5) is 5.69 Å². The average Bonchev–Trinajstić information content (AvgIpc) is 2.86. The van der Waals surface area contributed by atoms with Gasteiger partial charge in [0.05, 0.1) is 11.3 Å². The second-order valence-electron chi connectivity index (χ2n) is 5.44. The lowest BCUT2D eigenvalue weighted by atomic mass is 10.2. The van der Waals surface area contributed by atoms with E-state index in [0.717, 1.165) is 12.8 Å².